The molecule has 0 saturated carbocycles. The number of nitrogens with zero attached hydrogens (tertiary/aromatic N) is 2. The van der Waals surface area contributed by atoms with Crippen LogP contribution in [-0.4, -0.2) is 58.0 Å². The minimum absolute atomic E-state index is 0.0864. The minimum Gasteiger partial charge on any atom is -0.481 e. The monoisotopic (exact) mass is 256 g/mol. The van der Waals surface area contributed by atoms with Crippen LogP contribution in [0.4, 0.5) is 0 Å². The van der Waals surface area contributed by atoms with Crippen LogP contribution >= 0.6 is 0 Å². The number of carboxylic acids is 1. The van der Waals surface area contributed by atoms with E-state index >= 15 is 0 Å². The average Bonchev–Trinajstić information content (AvgIpc) is 2.29. The Bertz CT molecular complexity index is 336. The van der Waals surface area contributed by atoms with Gasteiger partial charge in [-0.25, -0.2) is 0 Å². The molecule has 5 heteroatoms. The second-order valence-electron chi connectivity index (χ2n) is 6.09. The zero-order valence-corrected chi connectivity index (χ0v) is 11.9. The van der Waals surface area contributed by atoms with Crippen LogP contribution in [0.25, 0.3) is 0 Å². The van der Waals surface area contributed by atoms with E-state index < -0.39 is 12.0 Å². The standard InChI is InChI=1S/C13H24N2O3/c1-9-6-7-14(5)12(18)10(8-11(16)17)15(9)13(2,3)4/h9-10H,6-8H2,1-5H3,(H,16,17). The van der Waals surface area contributed by atoms with Crippen LogP contribution in [0.3, 0.4) is 0 Å². The Morgan fingerprint density at radius 1 is 1.44 bits per heavy atom. The summed E-state index contributed by atoms with van der Waals surface area (Å²) in [6.07, 6.45) is 0.737. The summed E-state index contributed by atoms with van der Waals surface area (Å²) in [5.74, 6) is -1.01. The summed E-state index contributed by atoms with van der Waals surface area (Å²) in [7, 11) is 1.75. The van der Waals surface area contributed by atoms with Crippen LogP contribution in [0.5, 0.6) is 0 Å². The smallest absolute Gasteiger partial charge is 0.305 e. The molecule has 1 heterocycles. The predicted molar refractivity (Wildman–Crippen MR) is 69.3 cm³/mol. The van der Waals surface area contributed by atoms with E-state index in [9.17, 15) is 9.59 Å². The normalized spacial score (nSPS) is 27.2. The third-order valence-electron chi connectivity index (χ3n) is 3.50. The lowest BCUT2D eigenvalue weighted by molar-refractivity contribution is -0.146. The number of likely N-dealkylation sites (N-methyl/N-ethyl adjacent to an activating group) is 1. The van der Waals surface area contributed by atoms with Crippen LogP contribution in [-0.2, 0) is 9.59 Å². The van der Waals surface area contributed by atoms with Gasteiger partial charge in [-0.05, 0) is 34.1 Å². The fraction of sp³-hybridized carbons (Fsp3) is 0.846. The summed E-state index contributed by atoms with van der Waals surface area (Å²) < 4.78 is 0. The second kappa shape index (κ2) is 5.26. The minimum atomic E-state index is -0.926. The number of carbonyl (C=O) groups is 2. The first kappa shape index (κ1) is 15.0. The summed E-state index contributed by atoms with van der Waals surface area (Å²) >= 11 is 0. The molecule has 1 fully saturated rings. The molecule has 1 aliphatic rings. The zero-order valence-electron chi connectivity index (χ0n) is 11.9. The molecule has 0 aromatic rings. The molecule has 0 aromatic carbocycles. The molecule has 0 aliphatic carbocycles. The summed E-state index contributed by atoms with van der Waals surface area (Å²) in [5, 5.41) is 9.03. The van der Waals surface area contributed by atoms with Crippen molar-refractivity contribution in [2.24, 2.45) is 0 Å². The summed E-state index contributed by atoms with van der Waals surface area (Å²) in [4.78, 5) is 27.0. The number of hydrogen-bond acceptors (Lipinski definition) is 3. The maximum atomic E-state index is 12.3. The molecule has 1 aliphatic heterocycles. The second-order valence-corrected chi connectivity index (χ2v) is 6.09. The lowest BCUT2D eigenvalue weighted by Crippen LogP contribution is -2.56. The van der Waals surface area contributed by atoms with E-state index in [-0.39, 0.29) is 23.9 Å². The van der Waals surface area contributed by atoms with E-state index in [2.05, 4.69) is 6.92 Å². The maximum Gasteiger partial charge on any atom is 0.305 e. The van der Waals surface area contributed by atoms with Crippen molar-refractivity contribution in [3.63, 3.8) is 0 Å². The summed E-state index contributed by atoms with van der Waals surface area (Å²) in [6, 6.07) is -0.367. The van der Waals surface area contributed by atoms with Gasteiger partial charge in [-0.2, -0.15) is 0 Å². The molecule has 2 atom stereocenters. The van der Waals surface area contributed by atoms with E-state index in [0.29, 0.717) is 6.54 Å². The van der Waals surface area contributed by atoms with E-state index in [0.717, 1.165) is 6.42 Å². The fourth-order valence-corrected chi connectivity index (χ4v) is 2.79. The van der Waals surface area contributed by atoms with Gasteiger partial charge in [0.05, 0.1) is 6.42 Å². The topological polar surface area (TPSA) is 60.9 Å². The number of aliphatic carboxylic acids is 1. The van der Waals surface area contributed by atoms with Gasteiger partial charge >= 0.3 is 5.97 Å². The van der Waals surface area contributed by atoms with Gasteiger partial charge in [0, 0.05) is 25.2 Å². The highest BCUT2D eigenvalue weighted by molar-refractivity contribution is 5.86. The molecule has 2 unspecified atom stereocenters. The Kier molecular flexibility index (Phi) is 4.37. The summed E-state index contributed by atoms with van der Waals surface area (Å²) in [6.45, 7) is 8.82. The number of amides is 1. The van der Waals surface area contributed by atoms with Crippen LogP contribution < -0.4 is 0 Å². The largest absolute Gasteiger partial charge is 0.481 e. The van der Waals surface area contributed by atoms with Gasteiger partial charge in [-0.1, -0.05) is 0 Å². The van der Waals surface area contributed by atoms with Crippen LogP contribution in [0.1, 0.15) is 40.5 Å². The van der Waals surface area contributed by atoms with Crippen LogP contribution in [0.2, 0.25) is 0 Å². The quantitative estimate of drug-likeness (QED) is 0.806. The van der Waals surface area contributed by atoms with Crippen molar-refractivity contribution < 1.29 is 14.7 Å². The van der Waals surface area contributed by atoms with Gasteiger partial charge in [0.2, 0.25) is 5.91 Å². The first-order valence-corrected chi connectivity index (χ1v) is 6.39. The van der Waals surface area contributed by atoms with Crippen molar-refractivity contribution in [2.75, 3.05) is 13.6 Å². The lowest BCUT2D eigenvalue weighted by atomic mass is 9.97. The van der Waals surface area contributed by atoms with Crippen LogP contribution in [0, 0.1) is 0 Å². The number of carboxylic acid groups (broad SMARTS) is 1. The van der Waals surface area contributed by atoms with Gasteiger partial charge in [0.25, 0.3) is 0 Å². The Balaban J connectivity index is 3.12. The molecule has 0 radical (unpaired) electrons. The van der Waals surface area contributed by atoms with Crippen molar-refractivity contribution in [1.29, 1.82) is 0 Å². The first-order chi connectivity index (χ1) is 8.14. The Morgan fingerprint density at radius 2 is 2.00 bits per heavy atom. The Hall–Kier alpha value is -1.10. The van der Waals surface area contributed by atoms with Crippen molar-refractivity contribution in [1.82, 2.24) is 9.80 Å². The predicted octanol–water partition coefficient (Wildman–Crippen LogP) is 1.18. The highest BCUT2D eigenvalue weighted by Gasteiger charge is 2.41. The molecule has 1 rings (SSSR count). The first-order valence-electron chi connectivity index (χ1n) is 6.39. The molecular weight excluding hydrogens is 232 g/mol. The fourth-order valence-electron chi connectivity index (χ4n) is 2.79. The molecule has 5 nitrogen and oxygen atoms in total. The third kappa shape index (κ3) is 3.22. The molecule has 0 aromatic heterocycles. The molecule has 0 bridgehead atoms. The molecule has 18 heavy (non-hydrogen) atoms. The molecular formula is C13H24N2O3. The third-order valence-corrected chi connectivity index (χ3v) is 3.50. The Labute approximate surface area is 109 Å². The zero-order chi connectivity index (χ0) is 14.1. The maximum absolute atomic E-state index is 12.3. The SMILES string of the molecule is CC1CCN(C)C(=O)C(CC(=O)O)N1C(C)(C)C. The van der Waals surface area contributed by atoms with Gasteiger partial charge < -0.3 is 10.0 Å². The Morgan fingerprint density at radius 3 is 2.44 bits per heavy atom. The van der Waals surface area contributed by atoms with Crippen molar-refractivity contribution in [2.45, 2.75) is 58.2 Å². The van der Waals surface area contributed by atoms with Gasteiger partial charge in [-0.15, -0.1) is 0 Å². The average molecular weight is 256 g/mol. The van der Waals surface area contributed by atoms with E-state index in [4.69, 9.17) is 5.11 Å². The van der Waals surface area contributed by atoms with E-state index in [1.807, 2.05) is 25.7 Å². The molecule has 1 amide bonds. The molecule has 1 N–H and O–H groups in total. The number of hydrogen-bond donors (Lipinski definition) is 1. The number of rotatable bonds is 2. The molecule has 104 valence electrons. The van der Waals surface area contributed by atoms with Gasteiger partial charge in [0.1, 0.15) is 6.04 Å². The molecule has 0 spiro atoms. The van der Waals surface area contributed by atoms with Gasteiger partial charge in [-0.3, -0.25) is 14.5 Å². The van der Waals surface area contributed by atoms with Crippen molar-refractivity contribution in [3.8, 4) is 0 Å². The van der Waals surface area contributed by atoms with Crippen molar-refractivity contribution in [3.05, 3.63) is 0 Å². The van der Waals surface area contributed by atoms with Crippen LogP contribution in [0.15, 0.2) is 0 Å². The van der Waals surface area contributed by atoms with E-state index in [1.54, 1.807) is 11.9 Å². The highest BCUT2D eigenvalue weighted by atomic mass is 16.4. The highest BCUT2D eigenvalue weighted by Crippen LogP contribution is 2.27. The van der Waals surface area contributed by atoms with E-state index in [1.165, 1.54) is 0 Å². The van der Waals surface area contributed by atoms with Gasteiger partial charge in [0.15, 0.2) is 0 Å². The van der Waals surface area contributed by atoms with Crippen molar-refractivity contribution >= 4 is 11.9 Å². The summed E-state index contributed by atoms with van der Waals surface area (Å²) in [5.41, 5.74) is -0.222. The lowest BCUT2D eigenvalue weighted by Gasteiger charge is -2.43. The number of carbonyl (C=O) groups excluding carboxylic acids is 1. The molecule has 1 saturated heterocycles.